The summed E-state index contributed by atoms with van der Waals surface area (Å²) in [6, 6.07) is 1.92. The Bertz CT molecular complexity index is 732. The molecule has 1 aliphatic carbocycles. The normalized spacial score (nSPS) is 21.0. The number of carbonyl (C=O) groups is 1. The van der Waals surface area contributed by atoms with Crippen LogP contribution in [0, 0.1) is 0 Å². The van der Waals surface area contributed by atoms with Crippen LogP contribution in [0.1, 0.15) is 33.6 Å². The number of halogens is 1. The van der Waals surface area contributed by atoms with E-state index in [0.717, 1.165) is 15.7 Å². The lowest BCUT2D eigenvalue weighted by Crippen LogP contribution is -2.58. The van der Waals surface area contributed by atoms with Crippen molar-refractivity contribution in [2.24, 2.45) is 0 Å². The minimum absolute atomic E-state index is 0.00517. The monoisotopic (exact) mass is 381 g/mol. The summed E-state index contributed by atoms with van der Waals surface area (Å²) < 4.78 is 8.87. The molecule has 0 saturated heterocycles. The first-order valence-electron chi connectivity index (χ1n) is 7.56. The lowest BCUT2D eigenvalue weighted by Gasteiger charge is -2.47. The van der Waals surface area contributed by atoms with Crippen LogP contribution in [0.3, 0.4) is 0 Å². The van der Waals surface area contributed by atoms with Crippen molar-refractivity contribution in [2.45, 2.75) is 51.3 Å². The van der Waals surface area contributed by atoms with Crippen molar-refractivity contribution in [3.8, 4) is 5.75 Å². The quantitative estimate of drug-likeness (QED) is 0.877. The molecule has 23 heavy (non-hydrogen) atoms. The van der Waals surface area contributed by atoms with Gasteiger partial charge in [0.15, 0.2) is 0 Å². The zero-order valence-corrected chi connectivity index (χ0v) is 14.9. The molecule has 3 rings (SSSR count). The van der Waals surface area contributed by atoms with Gasteiger partial charge >= 0.3 is 6.09 Å². The van der Waals surface area contributed by atoms with Crippen LogP contribution in [0.25, 0.3) is 5.52 Å². The zero-order valence-electron chi connectivity index (χ0n) is 13.4. The highest BCUT2D eigenvalue weighted by Crippen LogP contribution is 2.35. The van der Waals surface area contributed by atoms with Gasteiger partial charge in [-0.05, 0) is 42.8 Å². The molecule has 1 aliphatic rings. The Balaban J connectivity index is 1.70. The average molecular weight is 382 g/mol. The molecule has 124 valence electrons. The summed E-state index contributed by atoms with van der Waals surface area (Å²) >= 11 is 3.46. The minimum atomic E-state index is -0.874. The molecule has 6 nitrogen and oxygen atoms in total. The van der Waals surface area contributed by atoms with Gasteiger partial charge in [-0.2, -0.15) is 0 Å². The molecule has 0 spiro atoms. The number of fused-ring (bicyclic) bond motifs is 1. The molecular weight excluding hydrogens is 362 g/mol. The predicted octanol–water partition coefficient (Wildman–Crippen LogP) is 3.79. The third-order valence-electron chi connectivity index (χ3n) is 4.11. The third kappa shape index (κ3) is 3.15. The van der Waals surface area contributed by atoms with Gasteiger partial charge < -0.3 is 19.1 Å². The molecule has 0 bridgehead atoms. The van der Waals surface area contributed by atoms with Crippen molar-refractivity contribution in [1.29, 1.82) is 0 Å². The third-order valence-corrected chi connectivity index (χ3v) is 4.54. The standard InChI is InChI=1S/C16H20BrN3O3/c1-16(2,3)20(15(21)22)11-5-12(6-11)23-14-4-10(17)8-19-9-18-7-13(14)19/h4,7-9,11-12H,5-6H2,1-3H3,(H,21,22)/t11-,12-. The van der Waals surface area contributed by atoms with Crippen LogP contribution in [-0.4, -0.2) is 43.2 Å². The molecule has 0 radical (unpaired) electrons. The maximum Gasteiger partial charge on any atom is 0.407 e. The first kappa shape index (κ1) is 16.1. The fourth-order valence-electron chi connectivity index (χ4n) is 3.08. The molecule has 1 N–H and O–H groups in total. The Morgan fingerprint density at radius 2 is 2.17 bits per heavy atom. The number of aromatic nitrogens is 2. The van der Waals surface area contributed by atoms with Crippen LogP contribution in [0.4, 0.5) is 4.79 Å². The molecule has 1 fully saturated rings. The van der Waals surface area contributed by atoms with Crippen molar-refractivity contribution < 1.29 is 14.6 Å². The van der Waals surface area contributed by atoms with Crippen LogP contribution in [-0.2, 0) is 0 Å². The summed E-state index contributed by atoms with van der Waals surface area (Å²) in [7, 11) is 0. The van der Waals surface area contributed by atoms with Crippen molar-refractivity contribution >= 4 is 27.5 Å². The SMILES string of the molecule is CC(C)(C)N(C(=O)O)[C@H]1C[C@H](Oc2cc(Br)cn3cncc23)C1. The van der Waals surface area contributed by atoms with E-state index in [1.54, 1.807) is 12.5 Å². The summed E-state index contributed by atoms with van der Waals surface area (Å²) in [6.07, 6.45) is 5.97. The number of hydrogen-bond donors (Lipinski definition) is 1. The van der Waals surface area contributed by atoms with Gasteiger partial charge in [-0.3, -0.25) is 0 Å². The summed E-state index contributed by atoms with van der Waals surface area (Å²) in [6.45, 7) is 5.75. The first-order valence-corrected chi connectivity index (χ1v) is 8.35. The summed E-state index contributed by atoms with van der Waals surface area (Å²) in [4.78, 5) is 17.2. The fourth-order valence-corrected chi connectivity index (χ4v) is 3.51. The molecular formula is C16H20BrN3O3. The first-order chi connectivity index (χ1) is 10.8. The van der Waals surface area contributed by atoms with Gasteiger partial charge in [-0.1, -0.05) is 0 Å². The zero-order chi connectivity index (χ0) is 16.8. The number of nitrogens with zero attached hydrogens (tertiary/aromatic N) is 3. The Kier molecular flexibility index (Phi) is 4.00. The van der Waals surface area contributed by atoms with Gasteiger partial charge in [0.1, 0.15) is 17.4 Å². The Labute approximate surface area is 143 Å². The van der Waals surface area contributed by atoms with E-state index in [9.17, 15) is 9.90 Å². The van der Waals surface area contributed by atoms with Gasteiger partial charge in [0.05, 0.1) is 12.5 Å². The van der Waals surface area contributed by atoms with Gasteiger partial charge in [0.2, 0.25) is 0 Å². The predicted molar refractivity (Wildman–Crippen MR) is 89.9 cm³/mol. The molecule has 2 aromatic heterocycles. The molecule has 2 aromatic rings. The van der Waals surface area contributed by atoms with Crippen LogP contribution in [0.15, 0.2) is 29.3 Å². The van der Waals surface area contributed by atoms with Gasteiger partial charge in [0.25, 0.3) is 0 Å². The van der Waals surface area contributed by atoms with Crippen LogP contribution < -0.4 is 4.74 Å². The smallest absolute Gasteiger partial charge is 0.407 e. The number of pyridine rings is 1. The lowest BCUT2D eigenvalue weighted by molar-refractivity contribution is -0.0130. The largest absolute Gasteiger partial charge is 0.488 e. The summed E-state index contributed by atoms with van der Waals surface area (Å²) in [5.74, 6) is 0.762. The van der Waals surface area contributed by atoms with Crippen LogP contribution in [0.5, 0.6) is 5.75 Å². The van der Waals surface area contributed by atoms with Gasteiger partial charge in [-0.25, -0.2) is 9.78 Å². The van der Waals surface area contributed by atoms with Crippen molar-refractivity contribution in [3.63, 3.8) is 0 Å². The van der Waals surface area contributed by atoms with Crippen molar-refractivity contribution in [3.05, 3.63) is 29.3 Å². The Hall–Kier alpha value is -1.76. The second kappa shape index (κ2) is 5.70. The molecule has 0 aliphatic heterocycles. The van der Waals surface area contributed by atoms with E-state index in [-0.39, 0.29) is 12.1 Å². The maximum atomic E-state index is 11.5. The summed E-state index contributed by atoms with van der Waals surface area (Å²) in [5.41, 5.74) is 0.498. The number of ether oxygens (including phenoxy) is 1. The van der Waals surface area contributed by atoms with Crippen LogP contribution in [0.2, 0.25) is 0 Å². The summed E-state index contributed by atoms with van der Waals surface area (Å²) in [5, 5.41) is 9.44. The fraction of sp³-hybridized carbons (Fsp3) is 0.500. The number of amides is 1. The Morgan fingerprint density at radius 1 is 1.48 bits per heavy atom. The molecule has 1 saturated carbocycles. The molecule has 0 atom stereocenters. The molecule has 1 amide bonds. The van der Waals surface area contributed by atoms with Crippen molar-refractivity contribution in [2.75, 3.05) is 0 Å². The molecule has 2 heterocycles. The number of imidazole rings is 1. The topological polar surface area (TPSA) is 67.1 Å². The average Bonchev–Trinajstić information content (AvgIpc) is 2.81. The Morgan fingerprint density at radius 3 is 2.78 bits per heavy atom. The molecule has 0 aromatic carbocycles. The highest BCUT2D eigenvalue weighted by molar-refractivity contribution is 9.10. The highest BCUT2D eigenvalue weighted by Gasteiger charge is 2.42. The number of hydrogen-bond acceptors (Lipinski definition) is 3. The van der Waals surface area contributed by atoms with E-state index in [1.807, 2.05) is 37.4 Å². The molecule has 0 unspecified atom stereocenters. The second-order valence-electron chi connectivity index (χ2n) is 6.90. The second-order valence-corrected chi connectivity index (χ2v) is 7.81. The lowest BCUT2D eigenvalue weighted by atomic mass is 9.85. The van der Waals surface area contributed by atoms with Crippen molar-refractivity contribution in [1.82, 2.24) is 14.3 Å². The van der Waals surface area contributed by atoms with E-state index >= 15 is 0 Å². The number of rotatable bonds is 3. The molecule has 7 heteroatoms. The van der Waals surface area contributed by atoms with E-state index in [4.69, 9.17) is 4.74 Å². The van der Waals surface area contributed by atoms with E-state index in [1.165, 1.54) is 4.90 Å². The van der Waals surface area contributed by atoms with Gasteiger partial charge in [-0.15, -0.1) is 0 Å². The minimum Gasteiger partial charge on any atom is -0.488 e. The maximum absolute atomic E-state index is 11.5. The van der Waals surface area contributed by atoms with E-state index in [0.29, 0.717) is 12.8 Å². The van der Waals surface area contributed by atoms with E-state index in [2.05, 4.69) is 20.9 Å². The number of carboxylic acid groups (broad SMARTS) is 1. The van der Waals surface area contributed by atoms with Gasteiger partial charge in [0, 0.05) is 35.1 Å². The van der Waals surface area contributed by atoms with E-state index < -0.39 is 11.6 Å². The highest BCUT2D eigenvalue weighted by atomic mass is 79.9. The van der Waals surface area contributed by atoms with Crippen LogP contribution >= 0.6 is 15.9 Å².